The molecule has 0 saturated heterocycles. The number of aliphatic imine (C=N–C) groups is 1. The van der Waals surface area contributed by atoms with Crippen LogP contribution in [0, 0.1) is 11.6 Å². The molecule has 0 spiro atoms. The zero-order valence-electron chi connectivity index (χ0n) is 10.2. The molecule has 0 aliphatic rings. The molecule has 5 heteroatoms. The lowest BCUT2D eigenvalue weighted by atomic mass is 10.2. The summed E-state index contributed by atoms with van der Waals surface area (Å²) in [5.41, 5.74) is 1.30. The molecular formula is C13H13F2N3. The van der Waals surface area contributed by atoms with E-state index in [1.807, 2.05) is 6.92 Å². The van der Waals surface area contributed by atoms with Gasteiger partial charge in [-0.2, -0.15) is 0 Å². The molecule has 1 aromatic carbocycles. The zero-order chi connectivity index (χ0) is 13.3. The molecule has 1 heterocycles. The van der Waals surface area contributed by atoms with Crippen LogP contribution in [-0.4, -0.2) is 16.3 Å². The van der Waals surface area contributed by atoms with Crippen molar-refractivity contribution in [3.05, 3.63) is 35.5 Å². The molecule has 0 radical (unpaired) electrons. The molecule has 0 aliphatic carbocycles. The van der Waals surface area contributed by atoms with Gasteiger partial charge in [0.1, 0.15) is 5.82 Å². The molecule has 94 valence electrons. The summed E-state index contributed by atoms with van der Waals surface area (Å²) in [6.07, 6.45) is 0.700. The molecule has 0 saturated carbocycles. The Morgan fingerprint density at radius 1 is 1.33 bits per heavy atom. The summed E-state index contributed by atoms with van der Waals surface area (Å²) in [4.78, 5) is 8.29. The van der Waals surface area contributed by atoms with Crippen LogP contribution in [-0.2, 0) is 13.5 Å². The number of hydrogen-bond acceptors (Lipinski definition) is 2. The number of imidazole rings is 1. The van der Waals surface area contributed by atoms with Crippen molar-refractivity contribution in [1.82, 2.24) is 9.55 Å². The molecule has 0 unspecified atom stereocenters. The fraction of sp³-hybridized carbons (Fsp3) is 0.231. The van der Waals surface area contributed by atoms with Gasteiger partial charge in [0, 0.05) is 12.6 Å². The van der Waals surface area contributed by atoms with E-state index in [1.165, 1.54) is 6.07 Å². The van der Waals surface area contributed by atoms with E-state index in [4.69, 9.17) is 0 Å². The molecular weight excluding hydrogens is 236 g/mol. The standard InChI is InChI=1S/C13H13F2N3/c1-4-11-13(16-2)18(3)12(17-11)8-5-6-9(14)10(15)7-8/h5-7H,2,4H2,1,3H3. The molecule has 3 nitrogen and oxygen atoms in total. The van der Waals surface area contributed by atoms with Gasteiger partial charge < -0.3 is 4.57 Å². The fourth-order valence-corrected chi connectivity index (χ4v) is 1.87. The van der Waals surface area contributed by atoms with Crippen molar-refractivity contribution in [2.24, 2.45) is 12.0 Å². The summed E-state index contributed by atoms with van der Waals surface area (Å²) < 4.78 is 27.8. The maximum atomic E-state index is 13.2. The second kappa shape index (κ2) is 4.68. The van der Waals surface area contributed by atoms with Gasteiger partial charge >= 0.3 is 0 Å². The van der Waals surface area contributed by atoms with Crippen molar-refractivity contribution < 1.29 is 8.78 Å². The third-order valence-corrected chi connectivity index (χ3v) is 2.80. The second-order valence-corrected chi connectivity index (χ2v) is 3.91. The van der Waals surface area contributed by atoms with Crippen LogP contribution in [0.5, 0.6) is 0 Å². The number of benzene rings is 1. The largest absolute Gasteiger partial charge is 0.312 e. The lowest BCUT2D eigenvalue weighted by Gasteiger charge is -2.03. The molecule has 2 aromatic rings. The number of aryl methyl sites for hydroxylation is 1. The molecule has 2 rings (SSSR count). The van der Waals surface area contributed by atoms with Gasteiger partial charge in [0.15, 0.2) is 17.5 Å². The number of rotatable bonds is 3. The quantitative estimate of drug-likeness (QED) is 0.768. The Morgan fingerprint density at radius 2 is 2.06 bits per heavy atom. The molecule has 0 atom stereocenters. The summed E-state index contributed by atoms with van der Waals surface area (Å²) in [5.74, 6) is -0.558. The Labute approximate surface area is 104 Å². The Balaban J connectivity index is 2.60. The van der Waals surface area contributed by atoms with Crippen molar-refractivity contribution in [1.29, 1.82) is 0 Å². The minimum absolute atomic E-state index is 0.515. The van der Waals surface area contributed by atoms with E-state index in [0.29, 0.717) is 23.6 Å². The molecule has 0 amide bonds. The summed E-state index contributed by atoms with van der Waals surface area (Å²) >= 11 is 0. The smallest absolute Gasteiger partial charge is 0.159 e. The third-order valence-electron chi connectivity index (χ3n) is 2.80. The predicted octanol–water partition coefficient (Wildman–Crippen LogP) is 3.26. The van der Waals surface area contributed by atoms with Gasteiger partial charge in [0.05, 0.1) is 5.69 Å². The first kappa shape index (κ1) is 12.4. The van der Waals surface area contributed by atoms with Gasteiger partial charge in [-0.25, -0.2) is 18.8 Å². The van der Waals surface area contributed by atoms with Crippen molar-refractivity contribution in [2.75, 3.05) is 0 Å². The van der Waals surface area contributed by atoms with Crippen molar-refractivity contribution in [3.63, 3.8) is 0 Å². The van der Waals surface area contributed by atoms with Gasteiger partial charge in [-0.15, -0.1) is 0 Å². The molecule has 0 bridgehead atoms. The van der Waals surface area contributed by atoms with Gasteiger partial charge in [-0.05, 0) is 31.3 Å². The Morgan fingerprint density at radius 3 is 2.56 bits per heavy atom. The summed E-state index contributed by atoms with van der Waals surface area (Å²) in [7, 11) is 1.77. The van der Waals surface area contributed by atoms with Crippen LogP contribution in [0.15, 0.2) is 23.2 Å². The lowest BCUT2D eigenvalue weighted by molar-refractivity contribution is 0.509. The van der Waals surface area contributed by atoms with Gasteiger partial charge in [-0.1, -0.05) is 6.92 Å². The van der Waals surface area contributed by atoms with Crippen LogP contribution in [0.3, 0.4) is 0 Å². The normalized spacial score (nSPS) is 10.7. The maximum Gasteiger partial charge on any atom is 0.159 e. The Hall–Kier alpha value is -2.04. The average Bonchev–Trinajstić information content (AvgIpc) is 2.69. The van der Waals surface area contributed by atoms with Crippen LogP contribution in [0.25, 0.3) is 11.4 Å². The SMILES string of the molecule is C=Nc1c(CC)nc(-c2ccc(F)c(F)c2)n1C. The van der Waals surface area contributed by atoms with Gasteiger partial charge in [0.2, 0.25) is 0 Å². The molecule has 0 N–H and O–H groups in total. The highest BCUT2D eigenvalue weighted by Crippen LogP contribution is 2.27. The number of aromatic nitrogens is 2. The first-order valence-electron chi connectivity index (χ1n) is 5.56. The highest BCUT2D eigenvalue weighted by Gasteiger charge is 2.15. The molecule has 0 fully saturated rings. The molecule has 1 aromatic heterocycles. The number of nitrogens with zero attached hydrogens (tertiary/aromatic N) is 3. The second-order valence-electron chi connectivity index (χ2n) is 3.91. The van der Waals surface area contributed by atoms with E-state index in [2.05, 4.69) is 16.7 Å². The average molecular weight is 249 g/mol. The fourth-order valence-electron chi connectivity index (χ4n) is 1.87. The highest BCUT2D eigenvalue weighted by atomic mass is 19.2. The third kappa shape index (κ3) is 1.92. The number of hydrogen-bond donors (Lipinski definition) is 0. The van der Waals surface area contributed by atoms with E-state index in [9.17, 15) is 8.78 Å². The number of halogens is 2. The van der Waals surface area contributed by atoms with Crippen LogP contribution in [0.1, 0.15) is 12.6 Å². The van der Waals surface area contributed by atoms with E-state index in [-0.39, 0.29) is 0 Å². The van der Waals surface area contributed by atoms with Crippen molar-refractivity contribution in [3.8, 4) is 11.4 Å². The highest BCUT2D eigenvalue weighted by molar-refractivity contribution is 5.61. The minimum Gasteiger partial charge on any atom is -0.312 e. The van der Waals surface area contributed by atoms with Crippen LogP contribution < -0.4 is 0 Å². The first-order chi connectivity index (χ1) is 8.58. The van der Waals surface area contributed by atoms with Crippen LogP contribution in [0.4, 0.5) is 14.6 Å². The molecule has 18 heavy (non-hydrogen) atoms. The first-order valence-corrected chi connectivity index (χ1v) is 5.56. The van der Waals surface area contributed by atoms with E-state index < -0.39 is 11.6 Å². The topological polar surface area (TPSA) is 30.2 Å². The summed E-state index contributed by atoms with van der Waals surface area (Å²) in [6, 6.07) is 3.71. The Kier molecular flexibility index (Phi) is 3.23. The van der Waals surface area contributed by atoms with E-state index >= 15 is 0 Å². The van der Waals surface area contributed by atoms with Crippen LogP contribution in [0.2, 0.25) is 0 Å². The van der Waals surface area contributed by atoms with Crippen molar-refractivity contribution >= 4 is 12.5 Å². The van der Waals surface area contributed by atoms with Crippen molar-refractivity contribution in [2.45, 2.75) is 13.3 Å². The lowest BCUT2D eigenvalue weighted by Crippen LogP contribution is -1.94. The van der Waals surface area contributed by atoms with Crippen LogP contribution >= 0.6 is 0 Å². The van der Waals surface area contributed by atoms with E-state index in [0.717, 1.165) is 17.8 Å². The van der Waals surface area contributed by atoms with E-state index in [1.54, 1.807) is 11.6 Å². The summed E-state index contributed by atoms with van der Waals surface area (Å²) in [5, 5.41) is 0. The van der Waals surface area contributed by atoms with Gasteiger partial charge in [-0.3, -0.25) is 0 Å². The summed E-state index contributed by atoms with van der Waals surface area (Å²) in [6.45, 7) is 5.44. The zero-order valence-corrected chi connectivity index (χ0v) is 10.2. The Bertz CT molecular complexity index is 603. The minimum atomic E-state index is -0.887. The monoisotopic (exact) mass is 249 g/mol. The van der Waals surface area contributed by atoms with Gasteiger partial charge in [0.25, 0.3) is 0 Å². The maximum absolute atomic E-state index is 13.2. The molecule has 0 aliphatic heterocycles. The predicted molar refractivity (Wildman–Crippen MR) is 67.1 cm³/mol.